The molecule has 0 spiro atoms. The summed E-state index contributed by atoms with van der Waals surface area (Å²) in [7, 11) is 2.97. The Morgan fingerprint density at radius 2 is 2.14 bits per heavy atom. The Kier molecular flexibility index (Phi) is 3.61. The van der Waals surface area contributed by atoms with E-state index in [0.29, 0.717) is 0 Å². The van der Waals surface area contributed by atoms with E-state index in [2.05, 4.69) is 9.47 Å². The molecular formula is C4H7ClO2. The lowest BCUT2D eigenvalue weighted by molar-refractivity contribution is 0.272. The molecule has 0 bridgehead atoms. The number of hydrogen-bond acceptors (Lipinski definition) is 2. The zero-order valence-corrected chi connectivity index (χ0v) is 5.03. The first kappa shape index (κ1) is 6.63. The van der Waals surface area contributed by atoms with Gasteiger partial charge in [-0.1, -0.05) is 0 Å². The Hall–Kier alpha value is -0.370. The Balaban J connectivity index is 3.29. The van der Waals surface area contributed by atoms with Gasteiger partial charge in [0, 0.05) is 0 Å². The third kappa shape index (κ3) is 3.46. The van der Waals surface area contributed by atoms with Gasteiger partial charge in [0.2, 0.25) is 5.22 Å². The van der Waals surface area contributed by atoms with E-state index < -0.39 is 0 Å². The smallest absolute Gasteiger partial charge is 0.222 e. The van der Waals surface area contributed by atoms with Gasteiger partial charge >= 0.3 is 0 Å². The van der Waals surface area contributed by atoms with E-state index in [0.717, 1.165) is 0 Å². The van der Waals surface area contributed by atoms with E-state index in [9.17, 15) is 0 Å². The van der Waals surface area contributed by atoms with Crippen LogP contribution < -0.4 is 0 Å². The molecule has 0 aliphatic carbocycles. The van der Waals surface area contributed by atoms with Crippen molar-refractivity contribution in [1.29, 1.82) is 0 Å². The van der Waals surface area contributed by atoms with E-state index in [4.69, 9.17) is 11.6 Å². The molecule has 0 aromatic carbocycles. The Labute approximate surface area is 47.7 Å². The van der Waals surface area contributed by atoms with Crippen LogP contribution in [-0.2, 0) is 9.47 Å². The van der Waals surface area contributed by atoms with Gasteiger partial charge in [-0.05, 0) is 11.6 Å². The third-order valence-corrected chi connectivity index (χ3v) is 0.649. The SMILES string of the molecule is COC=C(Cl)OC. The largest absolute Gasteiger partial charge is 0.500 e. The molecular weight excluding hydrogens is 115 g/mol. The molecule has 0 heterocycles. The lowest BCUT2D eigenvalue weighted by Crippen LogP contribution is -1.75. The second-order valence-electron chi connectivity index (χ2n) is 0.862. The summed E-state index contributed by atoms with van der Waals surface area (Å²) in [6.07, 6.45) is 1.31. The van der Waals surface area contributed by atoms with Gasteiger partial charge in [0.1, 0.15) is 6.26 Å². The fourth-order valence-electron chi connectivity index (χ4n) is 0.141. The molecule has 0 amide bonds. The average molecular weight is 123 g/mol. The summed E-state index contributed by atoms with van der Waals surface area (Å²) in [5.41, 5.74) is 0. The molecule has 3 heteroatoms. The fraction of sp³-hybridized carbons (Fsp3) is 0.500. The van der Waals surface area contributed by atoms with Crippen LogP contribution in [0.3, 0.4) is 0 Å². The van der Waals surface area contributed by atoms with E-state index in [-0.39, 0.29) is 5.22 Å². The van der Waals surface area contributed by atoms with Crippen molar-refractivity contribution in [1.82, 2.24) is 0 Å². The van der Waals surface area contributed by atoms with Gasteiger partial charge in [-0.15, -0.1) is 0 Å². The number of halogens is 1. The molecule has 0 aliphatic rings. The third-order valence-electron chi connectivity index (χ3n) is 0.406. The first-order chi connectivity index (χ1) is 3.31. The van der Waals surface area contributed by atoms with Crippen molar-refractivity contribution in [3.8, 4) is 0 Å². The van der Waals surface area contributed by atoms with Crippen molar-refractivity contribution < 1.29 is 9.47 Å². The van der Waals surface area contributed by atoms with Crippen LogP contribution in [0.4, 0.5) is 0 Å². The van der Waals surface area contributed by atoms with Crippen molar-refractivity contribution in [3.63, 3.8) is 0 Å². The minimum absolute atomic E-state index is 0.252. The summed E-state index contributed by atoms with van der Waals surface area (Å²) >= 11 is 5.28. The van der Waals surface area contributed by atoms with Crippen LogP contribution in [-0.4, -0.2) is 14.2 Å². The zero-order chi connectivity index (χ0) is 5.70. The maximum atomic E-state index is 5.28. The van der Waals surface area contributed by atoms with Crippen LogP contribution >= 0.6 is 11.6 Å². The molecule has 0 radical (unpaired) electrons. The number of rotatable bonds is 2. The molecule has 0 atom stereocenters. The summed E-state index contributed by atoms with van der Waals surface area (Å²) in [5.74, 6) is 0. The van der Waals surface area contributed by atoms with Crippen LogP contribution in [0.1, 0.15) is 0 Å². The lowest BCUT2D eigenvalue weighted by Gasteiger charge is -1.91. The molecule has 42 valence electrons. The molecule has 2 nitrogen and oxygen atoms in total. The average Bonchev–Trinajstić information content (AvgIpc) is 1.68. The van der Waals surface area contributed by atoms with Crippen LogP contribution in [0.2, 0.25) is 0 Å². The van der Waals surface area contributed by atoms with Crippen molar-refractivity contribution in [2.75, 3.05) is 14.2 Å². The molecule has 0 aromatic rings. The van der Waals surface area contributed by atoms with Gasteiger partial charge in [-0.3, -0.25) is 0 Å². The second kappa shape index (κ2) is 3.81. The molecule has 0 rings (SSSR count). The minimum Gasteiger partial charge on any atom is -0.500 e. The quantitative estimate of drug-likeness (QED) is 0.515. The number of methoxy groups -OCH3 is 2. The van der Waals surface area contributed by atoms with Crippen molar-refractivity contribution in [2.24, 2.45) is 0 Å². The predicted molar refractivity (Wildman–Crippen MR) is 28.0 cm³/mol. The maximum Gasteiger partial charge on any atom is 0.222 e. The van der Waals surface area contributed by atoms with Crippen molar-refractivity contribution in [3.05, 3.63) is 11.5 Å². The zero-order valence-electron chi connectivity index (χ0n) is 4.27. The molecule has 0 N–H and O–H groups in total. The van der Waals surface area contributed by atoms with E-state index in [1.807, 2.05) is 0 Å². The summed E-state index contributed by atoms with van der Waals surface area (Å²) in [5, 5.41) is 0.252. The lowest BCUT2D eigenvalue weighted by atomic mass is 11.0. The minimum atomic E-state index is 0.252. The highest BCUT2D eigenvalue weighted by Gasteiger charge is 1.81. The monoisotopic (exact) mass is 122 g/mol. The summed E-state index contributed by atoms with van der Waals surface area (Å²) in [6.45, 7) is 0. The molecule has 0 aromatic heterocycles. The maximum absolute atomic E-state index is 5.28. The van der Waals surface area contributed by atoms with Gasteiger partial charge in [0.05, 0.1) is 14.2 Å². The highest BCUT2D eigenvalue weighted by molar-refractivity contribution is 6.28. The van der Waals surface area contributed by atoms with Crippen molar-refractivity contribution in [2.45, 2.75) is 0 Å². The number of hydrogen-bond donors (Lipinski definition) is 0. The molecule has 7 heavy (non-hydrogen) atoms. The van der Waals surface area contributed by atoms with Gasteiger partial charge in [-0.2, -0.15) is 0 Å². The normalized spacial score (nSPS) is 11.0. The van der Waals surface area contributed by atoms with Gasteiger partial charge < -0.3 is 9.47 Å². The molecule has 0 saturated heterocycles. The van der Waals surface area contributed by atoms with Crippen LogP contribution in [0, 0.1) is 0 Å². The van der Waals surface area contributed by atoms with Gasteiger partial charge in [-0.25, -0.2) is 0 Å². The summed E-state index contributed by atoms with van der Waals surface area (Å²) in [6, 6.07) is 0. The van der Waals surface area contributed by atoms with E-state index in [1.54, 1.807) is 0 Å². The van der Waals surface area contributed by atoms with Crippen LogP contribution in [0.15, 0.2) is 11.5 Å². The van der Waals surface area contributed by atoms with E-state index >= 15 is 0 Å². The molecule has 0 unspecified atom stereocenters. The topological polar surface area (TPSA) is 18.5 Å². The highest BCUT2D eigenvalue weighted by atomic mass is 35.5. The first-order valence-electron chi connectivity index (χ1n) is 1.73. The fourth-order valence-corrected chi connectivity index (χ4v) is 0.230. The molecule has 0 aliphatic heterocycles. The Bertz CT molecular complexity index is 70.1. The van der Waals surface area contributed by atoms with Gasteiger partial charge in [0.25, 0.3) is 0 Å². The van der Waals surface area contributed by atoms with Gasteiger partial charge in [0.15, 0.2) is 0 Å². The standard InChI is InChI=1S/C4H7ClO2/c1-6-3-4(5)7-2/h3H,1-2H3. The highest BCUT2D eigenvalue weighted by Crippen LogP contribution is 1.98. The number of ether oxygens (including phenoxy) is 2. The van der Waals surface area contributed by atoms with Crippen LogP contribution in [0.5, 0.6) is 0 Å². The first-order valence-corrected chi connectivity index (χ1v) is 2.11. The summed E-state index contributed by atoms with van der Waals surface area (Å²) in [4.78, 5) is 0. The van der Waals surface area contributed by atoms with Crippen molar-refractivity contribution >= 4 is 11.6 Å². The summed E-state index contributed by atoms with van der Waals surface area (Å²) < 4.78 is 8.97. The predicted octanol–water partition coefficient (Wildman–Crippen LogP) is 1.32. The second-order valence-corrected chi connectivity index (χ2v) is 1.23. The van der Waals surface area contributed by atoms with E-state index in [1.165, 1.54) is 20.5 Å². The Morgan fingerprint density at radius 1 is 1.57 bits per heavy atom. The molecule has 0 saturated carbocycles. The van der Waals surface area contributed by atoms with Crippen LogP contribution in [0.25, 0.3) is 0 Å². The molecule has 0 fully saturated rings. The Morgan fingerprint density at radius 3 is 2.29 bits per heavy atom.